The quantitative estimate of drug-likeness (QED) is 0.291. The maximum Gasteiger partial charge on any atom is 0.426 e. The molecule has 0 saturated heterocycles. The number of hydrogen-bond acceptors (Lipinski definition) is 4. The van der Waals surface area contributed by atoms with Gasteiger partial charge in [-0.2, -0.15) is 22.0 Å². The number of ether oxygens (including phenoxy) is 3. The summed E-state index contributed by atoms with van der Waals surface area (Å²) < 4.78 is 80.6. The molecule has 0 heterocycles. The van der Waals surface area contributed by atoms with Gasteiger partial charge in [-0.3, -0.25) is 0 Å². The monoisotopic (exact) mass is 446 g/mol. The predicted molar refractivity (Wildman–Crippen MR) is 101 cm³/mol. The van der Waals surface area contributed by atoms with Crippen LogP contribution < -0.4 is 14.2 Å². The molecule has 10 heteroatoms. The summed E-state index contributed by atoms with van der Waals surface area (Å²) in [5.74, 6) is -1.36. The van der Waals surface area contributed by atoms with Crippen LogP contribution in [-0.4, -0.2) is 31.0 Å². The standard InChI is InChI=1S/C21H19F5O5/c1-29-18-13-15(6-9-17(18)30-12-2-11-20(22,23)24)21(25,26)31-16-7-3-14(4-8-16)5-10-19(27)28/h3-10,13H,2,11-12H2,1H3,(H,27,28). The number of alkyl halides is 5. The number of hydrogen-bond donors (Lipinski definition) is 1. The van der Waals surface area contributed by atoms with Gasteiger partial charge in [0, 0.05) is 12.5 Å². The maximum atomic E-state index is 14.5. The number of aliphatic carboxylic acids is 1. The second kappa shape index (κ2) is 10.1. The molecule has 0 amide bonds. The highest BCUT2D eigenvalue weighted by Crippen LogP contribution is 2.37. The number of carboxylic acid groups (broad SMARTS) is 1. The normalized spacial score (nSPS) is 12.1. The summed E-state index contributed by atoms with van der Waals surface area (Å²) in [6.45, 7) is -0.259. The molecule has 2 aromatic carbocycles. The lowest BCUT2D eigenvalue weighted by Crippen LogP contribution is -2.22. The van der Waals surface area contributed by atoms with Gasteiger partial charge in [0.2, 0.25) is 0 Å². The van der Waals surface area contributed by atoms with Gasteiger partial charge in [0.25, 0.3) is 0 Å². The first-order chi connectivity index (χ1) is 14.5. The zero-order valence-electron chi connectivity index (χ0n) is 16.3. The summed E-state index contributed by atoms with van der Waals surface area (Å²) >= 11 is 0. The summed E-state index contributed by atoms with van der Waals surface area (Å²) in [5.41, 5.74) is -0.0754. The molecule has 31 heavy (non-hydrogen) atoms. The Morgan fingerprint density at radius 1 is 1.03 bits per heavy atom. The molecule has 0 radical (unpaired) electrons. The van der Waals surface area contributed by atoms with Gasteiger partial charge in [0.15, 0.2) is 11.5 Å². The summed E-state index contributed by atoms with van der Waals surface area (Å²) in [6, 6.07) is 8.48. The minimum atomic E-state index is -4.30. The van der Waals surface area contributed by atoms with E-state index in [1.807, 2.05) is 0 Å². The topological polar surface area (TPSA) is 65.0 Å². The van der Waals surface area contributed by atoms with Crippen LogP contribution in [0.25, 0.3) is 6.08 Å². The molecule has 2 aromatic rings. The first-order valence-corrected chi connectivity index (χ1v) is 8.96. The number of methoxy groups -OCH3 is 1. The average Bonchev–Trinajstić information content (AvgIpc) is 2.69. The lowest BCUT2D eigenvalue weighted by Gasteiger charge is -2.20. The summed E-state index contributed by atoms with van der Waals surface area (Å²) in [5, 5.41) is 8.59. The molecular formula is C21H19F5O5. The van der Waals surface area contributed by atoms with Crippen molar-refractivity contribution in [3.05, 3.63) is 59.7 Å². The smallest absolute Gasteiger partial charge is 0.426 e. The van der Waals surface area contributed by atoms with Crippen molar-refractivity contribution in [1.82, 2.24) is 0 Å². The van der Waals surface area contributed by atoms with Crippen LogP contribution in [0, 0.1) is 0 Å². The Balaban J connectivity index is 2.07. The molecule has 0 aliphatic carbocycles. The highest BCUT2D eigenvalue weighted by molar-refractivity contribution is 5.85. The van der Waals surface area contributed by atoms with E-state index in [1.54, 1.807) is 0 Å². The zero-order valence-corrected chi connectivity index (χ0v) is 16.3. The minimum absolute atomic E-state index is 0.0267. The van der Waals surface area contributed by atoms with Gasteiger partial charge in [-0.05, 0) is 48.4 Å². The minimum Gasteiger partial charge on any atom is -0.493 e. The highest BCUT2D eigenvalue weighted by Gasteiger charge is 2.35. The molecule has 0 saturated carbocycles. The maximum absolute atomic E-state index is 14.5. The van der Waals surface area contributed by atoms with Gasteiger partial charge >= 0.3 is 18.3 Å². The van der Waals surface area contributed by atoms with Gasteiger partial charge in [-0.15, -0.1) is 0 Å². The molecule has 1 N–H and O–H groups in total. The molecule has 2 rings (SSSR count). The summed E-state index contributed by atoms with van der Waals surface area (Å²) in [7, 11) is 1.21. The largest absolute Gasteiger partial charge is 0.493 e. The number of carbonyl (C=O) groups is 1. The SMILES string of the molecule is COc1cc(C(F)(F)Oc2ccc(C=CC(=O)O)cc2)ccc1OCCCC(F)(F)F. The van der Waals surface area contributed by atoms with Crippen molar-refractivity contribution >= 4 is 12.0 Å². The first-order valence-electron chi connectivity index (χ1n) is 8.96. The molecule has 0 atom stereocenters. The molecule has 0 aliphatic rings. The van der Waals surface area contributed by atoms with Gasteiger partial charge in [0.05, 0.1) is 19.3 Å². The van der Waals surface area contributed by atoms with Crippen molar-refractivity contribution in [3.63, 3.8) is 0 Å². The van der Waals surface area contributed by atoms with Crippen molar-refractivity contribution in [1.29, 1.82) is 0 Å². The second-order valence-electron chi connectivity index (χ2n) is 6.29. The predicted octanol–water partition coefficient (Wildman–Crippen LogP) is 5.64. The molecule has 0 fully saturated rings. The van der Waals surface area contributed by atoms with Crippen LogP contribution >= 0.6 is 0 Å². The molecule has 168 valence electrons. The van der Waals surface area contributed by atoms with Crippen LogP contribution in [0.2, 0.25) is 0 Å². The Morgan fingerprint density at radius 3 is 2.29 bits per heavy atom. The Morgan fingerprint density at radius 2 is 1.71 bits per heavy atom. The Labute approximate surface area is 174 Å². The zero-order chi connectivity index (χ0) is 23.1. The van der Waals surface area contributed by atoms with Crippen molar-refractivity contribution < 1.29 is 46.1 Å². The highest BCUT2D eigenvalue weighted by atomic mass is 19.4. The second-order valence-corrected chi connectivity index (χ2v) is 6.29. The van der Waals surface area contributed by atoms with Crippen molar-refractivity contribution in [2.45, 2.75) is 25.1 Å². The molecule has 0 aromatic heterocycles. The third-order valence-corrected chi connectivity index (χ3v) is 3.91. The lowest BCUT2D eigenvalue weighted by molar-refractivity contribution is -0.185. The van der Waals surface area contributed by atoms with Gasteiger partial charge < -0.3 is 19.3 Å². The number of halogens is 5. The number of carboxylic acids is 1. The Hall–Kier alpha value is -3.30. The van der Waals surface area contributed by atoms with E-state index in [9.17, 15) is 26.7 Å². The summed E-state index contributed by atoms with van der Waals surface area (Å²) in [6.07, 6.45) is -7.16. The molecule has 5 nitrogen and oxygen atoms in total. The van der Waals surface area contributed by atoms with E-state index in [0.717, 1.165) is 18.2 Å². The van der Waals surface area contributed by atoms with E-state index < -0.39 is 30.2 Å². The fourth-order valence-corrected chi connectivity index (χ4v) is 2.44. The lowest BCUT2D eigenvalue weighted by atomic mass is 10.1. The van der Waals surface area contributed by atoms with Crippen LogP contribution in [0.1, 0.15) is 24.0 Å². The van der Waals surface area contributed by atoms with Crippen LogP contribution in [0.4, 0.5) is 22.0 Å². The summed E-state index contributed by atoms with van der Waals surface area (Å²) in [4.78, 5) is 10.5. The molecule has 0 bridgehead atoms. The van der Waals surface area contributed by atoms with E-state index in [0.29, 0.717) is 5.56 Å². The van der Waals surface area contributed by atoms with Crippen molar-refractivity contribution in [2.75, 3.05) is 13.7 Å². The number of rotatable bonds is 10. The Bertz CT molecular complexity index is 907. The van der Waals surface area contributed by atoms with E-state index in [2.05, 4.69) is 0 Å². The van der Waals surface area contributed by atoms with Gasteiger partial charge in [0.1, 0.15) is 5.75 Å². The molecule has 0 spiro atoms. The molecule has 0 aliphatic heterocycles. The van der Waals surface area contributed by atoms with Crippen LogP contribution in [0.5, 0.6) is 17.2 Å². The third kappa shape index (κ3) is 7.80. The van der Waals surface area contributed by atoms with Crippen molar-refractivity contribution in [3.8, 4) is 17.2 Å². The molecular weight excluding hydrogens is 427 g/mol. The van der Waals surface area contributed by atoms with E-state index >= 15 is 0 Å². The van der Waals surface area contributed by atoms with Gasteiger partial charge in [-0.25, -0.2) is 4.79 Å². The van der Waals surface area contributed by atoms with E-state index in [-0.39, 0.29) is 30.3 Å². The van der Waals surface area contributed by atoms with Gasteiger partial charge in [-0.1, -0.05) is 12.1 Å². The van der Waals surface area contributed by atoms with Crippen molar-refractivity contribution in [2.24, 2.45) is 0 Å². The van der Waals surface area contributed by atoms with Crippen LogP contribution in [0.15, 0.2) is 48.5 Å². The average molecular weight is 446 g/mol. The van der Waals surface area contributed by atoms with E-state index in [4.69, 9.17) is 19.3 Å². The fourth-order valence-electron chi connectivity index (χ4n) is 2.44. The fraction of sp³-hybridized carbons (Fsp3) is 0.286. The van der Waals surface area contributed by atoms with Crippen LogP contribution in [-0.2, 0) is 10.9 Å². The number of benzene rings is 2. The Kier molecular flexibility index (Phi) is 7.84. The van der Waals surface area contributed by atoms with E-state index in [1.165, 1.54) is 43.5 Å². The molecule has 0 unspecified atom stereocenters. The van der Waals surface area contributed by atoms with Crippen LogP contribution in [0.3, 0.4) is 0 Å². The third-order valence-electron chi connectivity index (χ3n) is 3.91. The first kappa shape index (κ1) is 24.0.